The molecule has 0 unspecified atom stereocenters. The Balaban J connectivity index is 1.23. The van der Waals surface area contributed by atoms with Crippen LogP contribution in [0.1, 0.15) is 33.4 Å². The molecule has 0 heterocycles. The van der Waals surface area contributed by atoms with E-state index in [0.29, 0.717) is 0 Å². The zero-order chi connectivity index (χ0) is 27.2. The summed E-state index contributed by atoms with van der Waals surface area (Å²) >= 11 is 0. The number of nitrogens with zero attached hydrogens (tertiary/aromatic N) is 2. The molecule has 0 aliphatic heterocycles. The summed E-state index contributed by atoms with van der Waals surface area (Å²) in [5.41, 5.74) is 8.25. The van der Waals surface area contributed by atoms with Crippen LogP contribution in [-0.4, -0.2) is 22.9 Å². The molecule has 0 N–H and O–H groups in total. The first-order valence-electron chi connectivity index (χ1n) is 14.5. The van der Waals surface area contributed by atoms with E-state index in [1.807, 2.05) is 0 Å². The van der Waals surface area contributed by atoms with Crippen LogP contribution in [0.15, 0.2) is 146 Å². The van der Waals surface area contributed by atoms with Crippen LogP contribution in [0.2, 0.25) is 0 Å². The van der Waals surface area contributed by atoms with Gasteiger partial charge in [-0.3, -0.25) is 9.80 Å². The van der Waals surface area contributed by atoms with Gasteiger partial charge in [0, 0.05) is 39.3 Å². The van der Waals surface area contributed by atoms with E-state index < -0.39 is 0 Å². The molecule has 0 atom stereocenters. The Morgan fingerprint density at radius 2 is 0.525 bits per heavy atom. The van der Waals surface area contributed by atoms with Gasteiger partial charge in [-0.1, -0.05) is 146 Å². The monoisotopic (exact) mass is 524 g/mol. The Labute approximate surface area is 240 Å². The Morgan fingerprint density at radius 3 is 0.825 bits per heavy atom. The standard InChI is InChI=1S/C38H40N2/c1-5-13-33(14-6-1)25-27-39(29-35-17-9-3-10-18-35)31-37-21-23-38(24-22-37)32-40(30-36-19-11-4-12-20-36)28-26-34-15-7-2-8-16-34/h1-24H,25-32H2. The molecule has 0 saturated carbocycles. The lowest BCUT2D eigenvalue weighted by Gasteiger charge is -2.24. The molecule has 202 valence electrons. The molecule has 5 rings (SSSR count). The first-order valence-corrected chi connectivity index (χ1v) is 14.5. The molecule has 5 aromatic rings. The van der Waals surface area contributed by atoms with Gasteiger partial charge in [0.1, 0.15) is 0 Å². The van der Waals surface area contributed by atoms with Crippen LogP contribution >= 0.6 is 0 Å². The van der Waals surface area contributed by atoms with Crippen LogP contribution in [0.3, 0.4) is 0 Å². The van der Waals surface area contributed by atoms with Gasteiger partial charge in [0.15, 0.2) is 0 Å². The van der Waals surface area contributed by atoms with E-state index >= 15 is 0 Å². The minimum atomic E-state index is 0.948. The normalized spacial score (nSPS) is 11.2. The minimum absolute atomic E-state index is 0.948. The fourth-order valence-corrected chi connectivity index (χ4v) is 5.24. The van der Waals surface area contributed by atoms with Gasteiger partial charge in [-0.15, -0.1) is 0 Å². The maximum Gasteiger partial charge on any atom is 0.0237 e. The minimum Gasteiger partial charge on any atom is -0.295 e. The molecule has 5 aromatic carbocycles. The second kappa shape index (κ2) is 15.0. The van der Waals surface area contributed by atoms with Gasteiger partial charge in [0.25, 0.3) is 0 Å². The highest BCUT2D eigenvalue weighted by atomic mass is 15.1. The van der Waals surface area contributed by atoms with Gasteiger partial charge < -0.3 is 0 Å². The maximum atomic E-state index is 2.57. The Bertz CT molecular complexity index is 1260. The van der Waals surface area contributed by atoms with Crippen molar-refractivity contribution in [3.63, 3.8) is 0 Å². The largest absolute Gasteiger partial charge is 0.295 e. The van der Waals surface area contributed by atoms with Crippen molar-refractivity contribution in [1.29, 1.82) is 0 Å². The van der Waals surface area contributed by atoms with Gasteiger partial charge in [0.2, 0.25) is 0 Å². The fourth-order valence-electron chi connectivity index (χ4n) is 5.24. The van der Waals surface area contributed by atoms with Crippen molar-refractivity contribution in [2.45, 2.75) is 39.0 Å². The summed E-state index contributed by atoms with van der Waals surface area (Å²) in [6.45, 7) is 5.88. The van der Waals surface area contributed by atoms with E-state index in [2.05, 4.69) is 155 Å². The quantitative estimate of drug-likeness (QED) is 0.145. The van der Waals surface area contributed by atoms with Crippen LogP contribution in [0, 0.1) is 0 Å². The molecule has 0 saturated heterocycles. The predicted octanol–water partition coefficient (Wildman–Crippen LogP) is 8.18. The number of rotatable bonds is 14. The number of hydrogen-bond donors (Lipinski definition) is 0. The summed E-state index contributed by atoms with van der Waals surface area (Å²) in [6.07, 6.45) is 2.11. The molecular weight excluding hydrogens is 484 g/mol. The van der Waals surface area contributed by atoms with E-state index in [-0.39, 0.29) is 0 Å². The molecule has 2 heteroatoms. The van der Waals surface area contributed by atoms with Crippen LogP contribution in [-0.2, 0) is 39.0 Å². The smallest absolute Gasteiger partial charge is 0.0237 e. The average molecular weight is 525 g/mol. The van der Waals surface area contributed by atoms with Crippen LogP contribution in [0.5, 0.6) is 0 Å². The highest BCUT2D eigenvalue weighted by Crippen LogP contribution is 2.16. The van der Waals surface area contributed by atoms with Crippen LogP contribution < -0.4 is 0 Å². The number of hydrogen-bond acceptors (Lipinski definition) is 2. The van der Waals surface area contributed by atoms with Gasteiger partial charge in [-0.2, -0.15) is 0 Å². The van der Waals surface area contributed by atoms with Crippen LogP contribution in [0.4, 0.5) is 0 Å². The molecule has 0 bridgehead atoms. The SMILES string of the molecule is c1ccc(CCN(Cc2ccccc2)Cc2ccc(CN(CCc3ccccc3)Cc3ccccc3)cc2)cc1. The van der Waals surface area contributed by atoms with Gasteiger partial charge in [-0.05, 0) is 46.2 Å². The zero-order valence-corrected chi connectivity index (χ0v) is 23.4. The second-order valence-corrected chi connectivity index (χ2v) is 10.7. The molecule has 0 amide bonds. The van der Waals surface area contributed by atoms with Crippen molar-refractivity contribution in [2.24, 2.45) is 0 Å². The average Bonchev–Trinajstić information content (AvgIpc) is 3.02. The summed E-state index contributed by atoms with van der Waals surface area (Å²) < 4.78 is 0. The summed E-state index contributed by atoms with van der Waals surface area (Å²) in [4.78, 5) is 5.14. The van der Waals surface area contributed by atoms with Crippen LogP contribution in [0.25, 0.3) is 0 Å². The highest BCUT2D eigenvalue weighted by molar-refractivity contribution is 5.24. The van der Waals surface area contributed by atoms with E-state index in [1.165, 1.54) is 33.4 Å². The molecule has 0 spiro atoms. The first kappa shape index (κ1) is 27.6. The third-order valence-corrected chi connectivity index (χ3v) is 7.45. The molecule has 0 aliphatic carbocycles. The second-order valence-electron chi connectivity index (χ2n) is 10.7. The zero-order valence-electron chi connectivity index (χ0n) is 23.4. The van der Waals surface area contributed by atoms with Gasteiger partial charge >= 0.3 is 0 Å². The van der Waals surface area contributed by atoms with E-state index in [0.717, 1.165) is 52.1 Å². The third-order valence-electron chi connectivity index (χ3n) is 7.45. The van der Waals surface area contributed by atoms with E-state index in [1.54, 1.807) is 0 Å². The molecule has 0 aliphatic rings. The van der Waals surface area contributed by atoms with E-state index in [4.69, 9.17) is 0 Å². The van der Waals surface area contributed by atoms with Gasteiger partial charge in [-0.25, -0.2) is 0 Å². The molecule has 0 aromatic heterocycles. The lowest BCUT2D eigenvalue weighted by atomic mass is 10.1. The molecule has 0 fully saturated rings. The van der Waals surface area contributed by atoms with Crippen molar-refractivity contribution in [1.82, 2.24) is 9.80 Å². The number of benzene rings is 5. The molecule has 0 radical (unpaired) electrons. The molecular formula is C38H40N2. The lowest BCUT2D eigenvalue weighted by molar-refractivity contribution is 0.258. The maximum absolute atomic E-state index is 2.57. The van der Waals surface area contributed by atoms with E-state index in [9.17, 15) is 0 Å². The van der Waals surface area contributed by atoms with Crippen molar-refractivity contribution >= 4 is 0 Å². The molecule has 2 nitrogen and oxygen atoms in total. The van der Waals surface area contributed by atoms with Crippen molar-refractivity contribution < 1.29 is 0 Å². The highest BCUT2D eigenvalue weighted by Gasteiger charge is 2.11. The van der Waals surface area contributed by atoms with Crippen molar-refractivity contribution in [2.75, 3.05) is 13.1 Å². The lowest BCUT2D eigenvalue weighted by Crippen LogP contribution is -2.26. The molecule has 40 heavy (non-hydrogen) atoms. The predicted molar refractivity (Wildman–Crippen MR) is 168 cm³/mol. The summed E-state index contributed by atoms with van der Waals surface area (Å²) in [5, 5.41) is 0. The summed E-state index contributed by atoms with van der Waals surface area (Å²) in [6, 6.07) is 52.6. The first-order chi connectivity index (χ1) is 19.8. The topological polar surface area (TPSA) is 6.48 Å². The van der Waals surface area contributed by atoms with Crippen molar-refractivity contribution in [3.8, 4) is 0 Å². The Morgan fingerprint density at radius 1 is 0.275 bits per heavy atom. The Kier molecular flexibility index (Phi) is 10.3. The fraction of sp³-hybridized carbons (Fsp3) is 0.211. The Hall–Kier alpha value is -3.98. The summed E-state index contributed by atoms with van der Waals surface area (Å²) in [7, 11) is 0. The third kappa shape index (κ3) is 9.05. The van der Waals surface area contributed by atoms with Crippen molar-refractivity contribution in [3.05, 3.63) is 179 Å². The van der Waals surface area contributed by atoms with Gasteiger partial charge in [0.05, 0.1) is 0 Å². The summed E-state index contributed by atoms with van der Waals surface area (Å²) in [5.74, 6) is 0.